The summed E-state index contributed by atoms with van der Waals surface area (Å²) < 4.78 is 21.0. The van der Waals surface area contributed by atoms with Gasteiger partial charge < -0.3 is 29.6 Å². The number of methoxy groups -OCH3 is 4. The molecule has 0 bridgehead atoms. The van der Waals surface area contributed by atoms with Crippen molar-refractivity contribution in [3.63, 3.8) is 0 Å². The predicted octanol–water partition coefficient (Wildman–Crippen LogP) is 2.84. The van der Waals surface area contributed by atoms with Crippen LogP contribution < -0.4 is 29.6 Å². The third-order valence-corrected chi connectivity index (χ3v) is 4.01. The minimum atomic E-state index is -0.0563. The standard InChI is InChI=1S/C20H26N2O5/c1-24-15-6-8-17(25-2)16(12-15)21-10-9-20(23)22-13-14-5-7-18(26-3)19(11-14)27-4/h5-8,11-12,21H,9-10,13H2,1-4H3,(H,22,23). The SMILES string of the molecule is COc1ccc(OC)c(NCCC(=O)NCc2ccc(OC)c(OC)c2)c1. The van der Waals surface area contributed by atoms with Crippen molar-refractivity contribution < 1.29 is 23.7 Å². The van der Waals surface area contributed by atoms with Crippen LogP contribution in [0.5, 0.6) is 23.0 Å². The lowest BCUT2D eigenvalue weighted by molar-refractivity contribution is -0.121. The van der Waals surface area contributed by atoms with Gasteiger partial charge in [0, 0.05) is 25.6 Å². The number of amides is 1. The average Bonchev–Trinajstić information content (AvgIpc) is 2.71. The van der Waals surface area contributed by atoms with Crippen LogP contribution in [0.15, 0.2) is 36.4 Å². The highest BCUT2D eigenvalue weighted by Crippen LogP contribution is 2.29. The molecule has 0 spiro atoms. The molecule has 0 aliphatic heterocycles. The van der Waals surface area contributed by atoms with Crippen molar-refractivity contribution in [2.24, 2.45) is 0 Å². The maximum Gasteiger partial charge on any atom is 0.222 e. The number of hydrogen-bond donors (Lipinski definition) is 2. The van der Waals surface area contributed by atoms with E-state index < -0.39 is 0 Å². The van der Waals surface area contributed by atoms with E-state index in [1.165, 1.54) is 0 Å². The molecule has 2 aromatic rings. The van der Waals surface area contributed by atoms with Gasteiger partial charge in [-0.05, 0) is 29.8 Å². The molecule has 0 fully saturated rings. The Morgan fingerprint density at radius 2 is 1.56 bits per heavy atom. The van der Waals surface area contributed by atoms with Crippen molar-refractivity contribution in [3.05, 3.63) is 42.0 Å². The molecule has 0 saturated heterocycles. The fraction of sp³-hybridized carbons (Fsp3) is 0.350. The van der Waals surface area contributed by atoms with Crippen molar-refractivity contribution in [1.82, 2.24) is 5.32 Å². The fourth-order valence-electron chi connectivity index (χ4n) is 2.54. The van der Waals surface area contributed by atoms with Crippen molar-refractivity contribution in [3.8, 4) is 23.0 Å². The molecular formula is C20H26N2O5. The maximum atomic E-state index is 12.1. The molecule has 1 amide bonds. The smallest absolute Gasteiger partial charge is 0.222 e. The van der Waals surface area contributed by atoms with Crippen LogP contribution in [0.3, 0.4) is 0 Å². The van der Waals surface area contributed by atoms with Crippen molar-refractivity contribution in [1.29, 1.82) is 0 Å². The van der Waals surface area contributed by atoms with E-state index in [2.05, 4.69) is 10.6 Å². The molecule has 2 rings (SSSR count). The molecule has 27 heavy (non-hydrogen) atoms. The summed E-state index contributed by atoms with van der Waals surface area (Å²) in [4.78, 5) is 12.1. The van der Waals surface area contributed by atoms with Crippen LogP contribution in [0.4, 0.5) is 5.69 Å². The van der Waals surface area contributed by atoms with Gasteiger partial charge in [-0.3, -0.25) is 4.79 Å². The summed E-state index contributed by atoms with van der Waals surface area (Å²) in [7, 11) is 6.37. The van der Waals surface area contributed by atoms with Crippen LogP contribution in [0, 0.1) is 0 Å². The predicted molar refractivity (Wildman–Crippen MR) is 104 cm³/mol. The summed E-state index contributed by atoms with van der Waals surface area (Å²) in [6.07, 6.45) is 0.327. The highest BCUT2D eigenvalue weighted by Gasteiger charge is 2.08. The Morgan fingerprint density at radius 1 is 0.852 bits per heavy atom. The zero-order valence-electron chi connectivity index (χ0n) is 16.1. The Bertz CT molecular complexity index is 764. The van der Waals surface area contributed by atoms with Gasteiger partial charge >= 0.3 is 0 Å². The van der Waals surface area contributed by atoms with Crippen molar-refractivity contribution in [2.45, 2.75) is 13.0 Å². The van der Waals surface area contributed by atoms with Gasteiger partial charge in [-0.25, -0.2) is 0 Å². The van der Waals surface area contributed by atoms with Crippen LogP contribution in [0.1, 0.15) is 12.0 Å². The quantitative estimate of drug-likeness (QED) is 0.666. The first-order valence-electron chi connectivity index (χ1n) is 8.54. The lowest BCUT2D eigenvalue weighted by atomic mass is 10.2. The van der Waals surface area contributed by atoms with Gasteiger partial charge in [-0.1, -0.05) is 6.07 Å². The molecule has 7 nitrogen and oxygen atoms in total. The van der Waals surface area contributed by atoms with Gasteiger partial charge in [-0.15, -0.1) is 0 Å². The summed E-state index contributed by atoms with van der Waals surface area (Å²) in [6, 6.07) is 11.0. The van der Waals surface area contributed by atoms with E-state index in [1.54, 1.807) is 28.4 Å². The Labute approximate surface area is 159 Å². The van der Waals surface area contributed by atoms with Crippen molar-refractivity contribution in [2.75, 3.05) is 40.3 Å². The Hall–Kier alpha value is -3.09. The van der Waals surface area contributed by atoms with Gasteiger partial charge in [0.15, 0.2) is 11.5 Å². The number of hydrogen-bond acceptors (Lipinski definition) is 6. The summed E-state index contributed by atoms with van der Waals surface area (Å²) in [5.41, 5.74) is 1.72. The van der Waals surface area contributed by atoms with Gasteiger partial charge in [-0.2, -0.15) is 0 Å². The number of rotatable bonds is 10. The average molecular weight is 374 g/mol. The molecule has 0 heterocycles. The van der Waals surface area contributed by atoms with Gasteiger partial charge in [0.05, 0.1) is 34.1 Å². The number of carbonyl (C=O) groups is 1. The third kappa shape index (κ3) is 5.70. The lowest BCUT2D eigenvalue weighted by Crippen LogP contribution is -2.25. The highest BCUT2D eigenvalue weighted by atomic mass is 16.5. The van der Waals surface area contributed by atoms with E-state index >= 15 is 0 Å². The first kappa shape index (κ1) is 20.2. The molecule has 146 valence electrons. The van der Waals surface area contributed by atoms with E-state index in [0.29, 0.717) is 36.8 Å². The molecule has 2 aromatic carbocycles. The molecule has 0 aliphatic rings. The van der Waals surface area contributed by atoms with Crippen LogP contribution in [0.25, 0.3) is 0 Å². The van der Waals surface area contributed by atoms with E-state index in [9.17, 15) is 4.79 Å². The molecule has 7 heteroatoms. The van der Waals surface area contributed by atoms with Crippen LogP contribution in [-0.2, 0) is 11.3 Å². The number of carbonyl (C=O) groups excluding carboxylic acids is 1. The highest BCUT2D eigenvalue weighted by molar-refractivity contribution is 5.76. The van der Waals surface area contributed by atoms with Gasteiger partial charge in [0.1, 0.15) is 11.5 Å². The maximum absolute atomic E-state index is 12.1. The molecule has 0 aromatic heterocycles. The number of ether oxygens (including phenoxy) is 4. The second-order valence-corrected chi connectivity index (χ2v) is 5.71. The Kier molecular flexibility index (Phi) is 7.61. The summed E-state index contributed by atoms with van der Waals surface area (Å²) in [5, 5.41) is 6.09. The molecule has 0 radical (unpaired) electrons. The third-order valence-electron chi connectivity index (χ3n) is 4.01. The summed E-state index contributed by atoms with van der Waals surface area (Å²) in [5.74, 6) is 2.65. The molecule has 0 saturated carbocycles. The zero-order valence-corrected chi connectivity index (χ0v) is 16.1. The number of nitrogens with one attached hydrogen (secondary N) is 2. The second kappa shape index (κ2) is 10.2. The largest absolute Gasteiger partial charge is 0.497 e. The van der Waals surface area contributed by atoms with Crippen molar-refractivity contribution >= 4 is 11.6 Å². The lowest BCUT2D eigenvalue weighted by Gasteiger charge is -2.13. The van der Waals surface area contributed by atoms with Crippen LogP contribution >= 0.6 is 0 Å². The molecule has 0 unspecified atom stereocenters. The van der Waals surface area contributed by atoms with E-state index in [0.717, 1.165) is 17.0 Å². The number of benzene rings is 2. The molecule has 2 N–H and O–H groups in total. The monoisotopic (exact) mass is 374 g/mol. The van der Waals surface area contributed by atoms with E-state index in [4.69, 9.17) is 18.9 Å². The van der Waals surface area contributed by atoms with Gasteiger partial charge in [0.25, 0.3) is 0 Å². The minimum Gasteiger partial charge on any atom is -0.497 e. The summed E-state index contributed by atoms with van der Waals surface area (Å²) >= 11 is 0. The summed E-state index contributed by atoms with van der Waals surface area (Å²) in [6.45, 7) is 0.892. The van der Waals surface area contributed by atoms with Crippen LogP contribution in [0.2, 0.25) is 0 Å². The Morgan fingerprint density at radius 3 is 2.22 bits per heavy atom. The first-order valence-corrected chi connectivity index (χ1v) is 8.54. The van der Waals surface area contributed by atoms with Crippen LogP contribution in [-0.4, -0.2) is 40.9 Å². The molecule has 0 atom stereocenters. The number of anilines is 1. The zero-order chi connectivity index (χ0) is 19.6. The normalized spacial score (nSPS) is 10.1. The Balaban J connectivity index is 1.83. The topological polar surface area (TPSA) is 78.1 Å². The first-order chi connectivity index (χ1) is 13.1. The molecule has 0 aliphatic carbocycles. The minimum absolute atomic E-state index is 0.0563. The van der Waals surface area contributed by atoms with Gasteiger partial charge in [0.2, 0.25) is 5.91 Å². The van der Waals surface area contributed by atoms with E-state index in [-0.39, 0.29) is 5.91 Å². The second-order valence-electron chi connectivity index (χ2n) is 5.71. The molecular weight excluding hydrogens is 348 g/mol. The van der Waals surface area contributed by atoms with E-state index in [1.807, 2.05) is 36.4 Å². The fourth-order valence-corrected chi connectivity index (χ4v) is 2.54.